The summed E-state index contributed by atoms with van der Waals surface area (Å²) < 4.78 is 0. The van der Waals surface area contributed by atoms with Crippen molar-refractivity contribution in [3.8, 4) is 11.1 Å². The maximum absolute atomic E-state index is 13.1. The van der Waals surface area contributed by atoms with E-state index in [4.69, 9.17) is 0 Å². The van der Waals surface area contributed by atoms with E-state index < -0.39 is 5.41 Å². The molecule has 1 atom stereocenters. The molecule has 31 heavy (non-hydrogen) atoms. The van der Waals surface area contributed by atoms with Crippen LogP contribution < -0.4 is 5.32 Å². The predicted molar refractivity (Wildman–Crippen MR) is 117 cm³/mol. The summed E-state index contributed by atoms with van der Waals surface area (Å²) in [6.07, 6.45) is 9.26. The van der Waals surface area contributed by atoms with Crippen LogP contribution in [-0.4, -0.2) is 51.3 Å². The van der Waals surface area contributed by atoms with Crippen LogP contribution in [0.1, 0.15) is 29.4 Å². The third-order valence-electron chi connectivity index (χ3n) is 5.73. The van der Waals surface area contributed by atoms with Gasteiger partial charge in [0, 0.05) is 44.4 Å². The molecular weight excluding hydrogens is 390 g/mol. The highest BCUT2D eigenvalue weighted by atomic mass is 16.2. The summed E-state index contributed by atoms with van der Waals surface area (Å²) in [5, 5.41) is 2.97. The molecule has 1 fully saturated rings. The zero-order valence-corrected chi connectivity index (χ0v) is 17.5. The third kappa shape index (κ3) is 4.45. The fraction of sp³-hybridized carbons (Fsp3) is 0.292. The summed E-state index contributed by atoms with van der Waals surface area (Å²) in [6.45, 7) is 3.34. The largest absolute Gasteiger partial charge is 0.356 e. The number of aromatic nitrogens is 3. The van der Waals surface area contributed by atoms with Crippen molar-refractivity contribution in [2.45, 2.75) is 19.8 Å². The molecule has 1 saturated heterocycles. The molecule has 4 rings (SSSR count). The second-order valence-corrected chi connectivity index (χ2v) is 7.82. The molecule has 7 heteroatoms. The Morgan fingerprint density at radius 3 is 2.52 bits per heavy atom. The van der Waals surface area contributed by atoms with Crippen LogP contribution >= 0.6 is 0 Å². The highest BCUT2D eigenvalue weighted by Gasteiger charge is 2.46. The van der Waals surface area contributed by atoms with E-state index in [0.717, 1.165) is 16.7 Å². The van der Waals surface area contributed by atoms with Gasteiger partial charge in [-0.25, -0.2) is 4.98 Å². The standard InChI is InChI=1S/C24H25N5O2/c1-2-27-23(31)24(9-13-29(17-24)22(30)21-16-26-11-12-28-21)14-18-5-7-19(8-6-18)20-4-3-10-25-15-20/h3-8,10-12,15-16H,2,9,13-14,17H2,1H3,(H,27,31)/t24-/m1/s1. The quantitative estimate of drug-likeness (QED) is 0.669. The van der Waals surface area contributed by atoms with Gasteiger partial charge in [0.25, 0.3) is 5.91 Å². The summed E-state index contributed by atoms with van der Waals surface area (Å²) >= 11 is 0. The Hall–Kier alpha value is -3.61. The number of nitrogens with zero attached hydrogens (tertiary/aromatic N) is 4. The van der Waals surface area contributed by atoms with Crippen LogP contribution in [0.3, 0.4) is 0 Å². The number of carbonyl (C=O) groups is 2. The summed E-state index contributed by atoms with van der Waals surface area (Å²) in [7, 11) is 0. The minimum absolute atomic E-state index is 0.0132. The molecule has 0 spiro atoms. The molecule has 158 valence electrons. The van der Waals surface area contributed by atoms with E-state index in [2.05, 4.69) is 44.5 Å². The molecule has 0 radical (unpaired) electrons. The number of nitrogens with one attached hydrogen (secondary N) is 1. The number of amides is 2. The fourth-order valence-corrected chi connectivity index (χ4v) is 4.11. The Morgan fingerprint density at radius 2 is 1.84 bits per heavy atom. The summed E-state index contributed by atoms with van der Waals surface area (Å²) in [5.41, 5.74) is 2.83. The number of pyridine rings is 1. The van der Waals surface area contributed by atoms with E-state index in [1.807, 2.05) is 25.3 Å². The van der Waals surface area contributed by atoms with E-state index in [9.17, 15) is 9.59 Å². The fourth-order valence-electron chi connectivity index (χ4n) is 4.11. The van der Waals surface area contributed by atoms with Gasteiger partial charge in [-0.3, -0.25) is 19.6 Å². The van der Waals surface area contributed by atoms with Crippen LogP contribution in [-0.2, 0) is 11.2 Å². The van der Waals surface area contributed by atoms with Gasteiger partial charge in [0.2, 0.25) is 5.91 Å². The Morgan fingerprint density at radius 1 is 1.03 bits per heavy atom. The van der Waals surface area contributed by atoms with Crippen molar-refractivity contribution in [1.82, 2.24) is 25.2 Å². The number of rotatable bonds is 6. The highest BCUT2D eigenvalue weighted by molar-refractivity contribution is 5.93. The normalized spacial score (nSPS) is 18.0. The monoisotopic (exact) mass is 415 g/mol. The summed E-state index contributed by atoms with van der Waals surface area (Å²) in [6, 6.07) is 12.1. The Bertz CT molecular complexity index is 1040. The topological polar surface area (TPSA) is 88.1 Å². The molecule has 2 aromatic heterocycles. The molecular formula is C24H25N5O2. The average Bonchev–Trinajstić information content (AvgIpc) is 3.26. The molecule has 7 nitrogen and oxygen atoms in total. The molecule has 0 aliphatic carbocycles. The first-order valence-corrected chi connectivity index (χ1v) is 10.4. The molecule has 3 heterocycles. The molecule has 3 aromatic rings. The van der Waals surface area contributed by atoms with Crippen molar-refractivity contribution in [3.05, 3.63) is 78.6 Å². The molecule has 2 amide bonds. The van der Waals surface area contributed by atoms with Crippen molar-refractivity contribution < 1.29 is 9.59 Å². The van der Waals surface area contributed by atoms with Gasteiger partial charge in [-0.2, -0.15) is 0 Å². The number of hydrogen-bond acceptors (Lipinski definition) is 5. The Labute approximate surface area is 181 Å². The Balaban J connectivity index is 1.55. The summed E-state index contributed by atoms with van der Waals surface area (Å²) in [5.74, 6) is -0.202. The lowest BCUT2D eigenvalue weighted by molar-refractivity contribution is -0.130. The predicted octanol–water partition coefficient (Wildman–Crippen LogP) is 2.75. The van der Waals surface area contributed by atoms with Crippen LogP contribution in [0.4, 0.5) is 0 Å². The highest BCUT2D eigenvalue weighted by Crippen LogP contribution is 2.36. The smallest absolute Gasteiger partial charge is 0.274 e. The van der Waals surface area contributed by atoms with Crippen LogP contribution in [0, 0.1) is 5.41 Å². The van der Waals surface area contributed by atoms with Gasteiger partial charge in [-0.05, 0) is 42.5 Å². The van der Waals surface area contributed by atoms with Crippen LogP contribution in [0.2, 0.25) is 0 Å². The average molecular weight is 415 g/mol. The lowest BCUT2D eigenvalue weighted by atomic mass is 9.79. The molecule has 0 saturated carbocycles. The van der Waals surface area contributed by atoms with E-state index in [1.54, 1.807) is 11.1 Å². The van der Waals surface area contributed by atoms with Crippen LogP contribution in [0.5, 0.6) is 0 Å². The van der Waals surface area contributed by atoms with Gasteiger partial charge in [-0.1, -0.05) is 30.3 Å². The van der Waals surface area contributed by atoms with E-state index in [-0.39, 0.29) is 11.8 Å². The van der Waals surface area contributed by atoms with Gasteiger partial charge in [0.05, 0.1) is 11.6 Å². The van der Waals surface area contributed by atoms with Gasteiger partial charge in [0.15, 0.2) is 0 Å². The first-order valence-electron chi connectivity index (χ1n) is 10.4. The number of likely N-dealkylation sites (tertiary alicyclic amines) is 1. The zero-order chi connectivity index (χ0) is 21.7. The van der Waals surface area contributed by atoms with E-state index >= 15 is 0 Å². The SMILES string of the molecule is CCNC(=O)[C@@]1(Cc2ccc(-c3cccnc3)cc2)CCN(C(=O)c2cnccn2)C1. The first kappa shape index (κ1) is 20.7. The number of hydrogen-bond donors (Lipinski definition) is 1. The van der Waals surface area contributed by atoms with Crippen molar-refractivity contribution in [3.63, 3.8) is 0 Å². The minimum Gasteiger partial charge on any atom is -0.356 e. The Kier molecular flexibility index (Phi) is 6.02. The maximum atomic E-state index is 13.1. The number of benzene rings is 1. The zero-order valence-electron chi connectivity index (χ0n) is 17.5. The van der Waals surface area contributed by atoms with Gasteiger partial charge in [0.1, 0.15) is 5.69 Å². The maximum Gasteiger partial charge on any atom is 0.274 e. The second-order valence-electron chi connectivity index (χ2n) is 7.82. The van der Waals surface area contributed by atoms with Crippen LogP contribution in [0.25, 0.3) is 11.1 Å². The van der Waals surface area contributed by atoms with Crippen molar-refractivity contribution in [1.29, 1.82) is 0 Å². The van der Waals surface area contributed by atoms with Gasteiger partial charge < -0.3 is 10.2 Å². The third-order valence-corrected chi connectivity index (χ3v) is 5.73. The van der Waals surface area contributed by atoms with Crippen molar-refractivity contribution >= 4 is 11.8 Å². The first-order chi connectivity index (χ1) is 15.1. The lowest BCUT2D eigenvalue weighted by Gasteiger charge is -2.28. The van der Waals surface area contributed by atoms with Gasteiger partial charge >= 0.3 is 0 Å². The minimum atomic E-state index is -0.663. The molecule has 1 aliphatic heterocycles. The molecule has 1 aromatic carbocycles. The van der Waals surface area contributed by atoms with Gasteiger partial charge in [-0.15, -0.1) is 0 Å². The van der Waals surface area contributed by atoms with Crippen molar-refractivity contribution in [2.24, 2.45) is 5.41 Å². The lowest BCUT2D eigenvalue weighted by Crippen LogP contribution is -2.45. The number of carbonyl (C=O) groups excluding carboxylic acids is 2. The molecule has 1 aliphatic rings. The summed E-state index contributed by atoms with van der Waals surface area (Å²) in [4.78, 5) is 39.9. The van der Waals surface area contributed by atoms with E-state index in [1.165, 1.54) is 18.6 Å². The second kappa shape index (κ2) is 9.04. The molecule has 1 N–H and O–H groups in total. The van der Waals surface area contributed by atoms with E-state index in [0.29, 0.717) is 38.2 Å². The van der Waals surface area contributed by atoms with Crippen LogP contribution in [0.15, 0.2) is 67.4 Å². The molecule has 0 unspecified atom stereocenters. The van der Waals surface area contributed by atoms with Crippen molar-refractivity contribution in [2.75, 3.05) is 19.6 Å². The molecule has 0 bridgehead atoms.